The molecule has 2 unspecified atom stereocenters. The molecule has 0 aromatic carbocycles. The molecule has 5 atom stereocenters. The Kier molecular flexibility index (Phi) is 6.92. The number of nitrogen functional groups attached to an aromatic ring is 1. The Morgan fingerprint density at radius 3 is 2.37 bits per heavy atom. The first kappa shape index (κ1) is 27.9. The summed E-state index contributed by atoms with van der Waals surface area (Å²) < 4.78 is 100. The lowest BCUT2D eigenvalue weighted by Gasteiger charge is -2.31. The summed E-state index contributed by atoms with van der Waals surface area (Å²) in [5, 5.41) is -2.44. The largest absolute Gasteiger partial charge is 0.424 e. The van der Waals surface area contributed by atoms with E-state index in [1.807, 2.05) is 0 Å². The number of H-pyrrole nitrogens is 1. The fourth-order valence-corrected chi connectivity index (χ4v) is 7.73. The van der Waals surface area contributed by atoms with Gasteiger partial charge in [-0.05, 0) is 0 Å². The van der Waals surface area contributed by atoms with Crippen LogP contribution in [0.3, 0.4) is 0 Å². The minimum atomic E-state index is -7.74. The normalized spacial score (nSPS) is 25.5. The third-order valence-corrected chi connectivity index (χ3v) is 11.3. The van der Waals surface area contributed by atoms with Gasteiger partial charge in [-0.15, -0.1) is 0 Å². The summed E-state index contributed by atoms with van der Waals surface area (Å²) in [6.07, 6.45) is -3.82. The molecule has 0 saturated carbocycles. The van der Waals surface area contributed by atoms with Gasteiger partial charge in [0.05, 0.1) is 19.0 Å². The Labute approximate surface area is 189 Å². The van der Waals surface area contributed by atoms with Crippen LogP contribution in [-0.4, -0.2) is 73.8 Å². The van der Waals surface area contributed by atoms with Crippen LogP contribution in [0.2, 0.25) is 0 Å². The van der Waals surface area contributed by atoms with Crippen LogP contribution in [0.5, 0.6) is 0 Å². The van der Waals surface area contributed by atoms with Gasteiger partial charge in [-0.1, -0.05) is 0 Å². The lowest BCUT2D eigenvalue weighted by molar-refractivity contribution is -0.0430. The van der Waals surface area contributed by atoms with Gasteiger partial charge >= 0.3 is 33.4 Å². The van der Waals surface area contributed by atoms with Crippen molar-refractivity contribution in [3.63, 3.8) is 0 Å². The number of aromatic nitrogens is 4. The molecule has 16 nitrogen and oxygen atoms in total. The first-order chi connectivity index (χ1) is 15.7. The molecule has 3 heterocycles. The van der Waals surface area contributed by atoms with Crippen molar-refractivity contribution >= 4 is 39.7 Å². The third kappa shape index (κ3) is 4.48. The van der Waals surface area contributed by atoms with Crippen LogP contribution >= 0.6 is 22.6 Å². The number of nitrogens with zero attached hydrogens (tertiary/aromatic N) is 3. The highest BCUT2D eigenvalue weighted by Crippen LogP contribution is 2.85. The van der Waals surface area contributed by atoms with Crippen molar-refractivity contribution in [2.75, 3.05) is 12.3 Å². The van der Waals surface area contributed by atoms with Gasteiger partial charge < -0.3 is 39.7 Å². The summed E-state index contributed by atoms with van der Waals surface area (Å²) in [7, 11) is -21.6. The van der Waals surface area contributed by atoms with Crippen LogP contribution in [0, 0.1) is 0 Å². The molecule has 198 valence electrons. The molecule has 23 heteroatoms. The maximum atomic E-state index is 14.2. The number of halogens is 4. The van der Waals surface area contributed by atoms with Gasteiger partial charge in [0, 0.05) is 6.42 Å². The summed E-state index contributed by atoms with van der Waals surface area (Å²) in [5.41, 5.74) is 4.40. The highest BCUT2D eigenvalue weighted by Gasteiger charge is 2.79. The molecule has 0 bridgehead atoms. The van der Waals surface area contributed by atoms with E-state index >= 15 is 0 Å². The number of anilines is 1. The number of alkyl halides is 4. The number of hydrogen-bond acceptors (Lipinski definition) is 10. The third-order valence-electron chi connectivity index (χ3n) is 4.80. The summed E-state index contributed by atoms with van der Waals surface area (Å²) in [4.78, 5) is 57.1. The van der Waals surface area contributed by atoms with Crippen LogP contribution < -0.4 is 11.3 Å². The van der Waals surface area contributed by atoms with Gasteiger partial charge in [-0.25, -0.2) is 4.98 Å². The van der Waals surface area contributed by atoms with Crippen molar-refractivity contribution in [1.29, 1.82) is 0 Å². The fraction of sp³-hybridized carbons (Fsp3) is 0.583. The number of nitrogens with two attached hydrogens (primary N) is 1. The summed E-state index contributed by atoms with van der Waals surface area (Å²) in [5.74, 6) is -0.313. The molecule has 2 aromatic heterocycles. The zero-order chi connectivity index (χ0) is 26.8. The van der Waals surface area contributed by atoms with Gasteiger partial charge in [0.15, 0.2) is 11.2 Å². The quantitative estimate of drug-likeness (QED) is 0.163. The van der Waals surface area contributed by atoms with E-state index in [2.05, 4.69) is 19.5 Å². The van der Waals surface area contributed by atoms with E-state index in [9.17, 15) is 46.1 Å². The molecular formula is C12H16F4N5O11P3. The van der Waals surface area contributed by atoms with Crippen molar-refractivity contribution < 1.29 is 65.2 Å². The van der Waals surface area contributed by atoms with Crippen LogP contribution in [0.25, 0.3) is 11.2 Å². The molecule has 0 aliphatic carbocycles. The number of hydrogen-bond donors (Lipinski definition) is 7. The van der Waals surface area contributed by atoms with Crippen LogP contribution in [-0.2, 0) is 23.0 Å². The lowest BCUT2D eigenvalue weighted by atomic mass is 10.2. The molecule has 0 spiro atoms. The molecule has 0 amide bonds. The van der Waals surface area contributed by atoms with Gasteiger partial charge in [0.25, 0.3) is 5.56 Å². The summed E-state index contributed by atoms with van der Waals surface area (Å²) in [6.45, 7) is -1.43. The van der Waals surface area contributed by atoms with Crippen LogP contribution in [0.15, 0.2) is 11.1 Å². The monoisotopic (exact) mass is 575 g/mol. The summed E-state index contributed by atoms with van der Waals surface area (Å²) >= 11 is 0. The molecule has 8 N–H and O–H groups in total. The smallest absolute Gasteiger partial charge is 0.390 e. The molecule has 3 rings (SSSR count). The second kappa shape index (κ2) is 8.69. The topological polar surface area (TPSA) is 260 Å². The highest BCUT2D eigenvalue weighted by atomic mass is 31.3. The van der Waals surface area contributed by atoms with E-state index < -0.39 is 64.0 Å². The average Bonchev–Trinajstić information content (AvgIpc) is 3.28. The molecule has 1 aliphatic heterocycles. The molecule has 1 fully saturated rings. The lowest BCUT2D eigenvalue weighted by Crippen LogP contribution is -2.32. The van der Waals surface area contributed by atoms with Crippen molar-refractivity contribution in [2.24, 2.45) is 0 Å². The number of aromatic amines is 1. The van der Waals surface area contributed by atoms with Crippen molar-refractivity contribution in [2.45, 2.75) is 35.7 Å². The Morgan fingerprint density at radius 1 is 1.20 bits per heavy atom. The maximum absolute atomic E-state index is 14.2. The predicted octanol–water partition coefficient (Wildman–Crippen LogP) is 0.101. The molecule has 2 aromatic rings. The SMILES string of the molecule is Nc1nc2c(ncn2[C@H]2C[C@H](O)[C@@H](COP(=O)(O)C(F)(F)P(=O)(O)C(F)(F)P(=O)(O)O)O2)c(=O)[nH]1. The standard InChI is InChI=1S/C12H16F4N5O11P3/c13-11(14,34(26,27)28)33(24,25)12(15,16)35(29,30)31-2-5-4(22)1-6(32-5)21-3-18-7-8(21)19-10(17)20-9(7)23/h3-6,22H,1-2H2,(H,24,25)(H,29,30)(H2,26,27,28)(H3,17,19,20,23)/t4-,5+,6+/m0/s1. The predicted molar refractivity (Wildman–Crippen MR) is 105 cm³/mol. The number of ether oxygens (including phenoxy) is 1. The Balaban J connectivity index is 1.80. The van der Waals surface area contributed by atoms with E-state index in [1.54, 1.807) is 0 Å². The van der Waals surface area contributed by atoms with E-state index in [1.165, 1.54) is 0 Å². The number of fused-ring (bicyclic) bond motifs is 1. The second-order valence-corrected chi connectivity index (χ2v) is 13.7. The van der Waals surface area contributed by atoms with E-state index in [-0.39, 0.29) is 23.5 Å². The van der Waals surface area contributed by atoms with Gasteiger partial charge in [0.1, 0.15) is 12.3 Å². The van der Waals surface area contributed by atoms with E-state index in [0.717, 1.165) is 10.9 Å². The zero-order valence-electron chi connectivity index (χ0n) is 16.7. The Hall–Kier alpha value is -1.72. The summed E-state index contributed by atoms with van der Waals surface area (Å²) in [6, 6.07) is 0. The maximum Gasteiger partial charge on any atom is 0.424 e. The van der Waals surface area contributed by atoms with E-state index in [4.69, 9.17) is 25.2 Å². The van der Waals surface area contributed by atoms with Gasteiger partial charge in [0.2, 0.25) is 5.95 Å². The molecule has 0 radical (unpaired) electrons. The number of nitrogens with one attached hydrogen (secondary N) is 1. The van der Waals surface area contributed by atoms with E-state index in [0.29, 0.717) is 0 Å². The van der Waals surface area contributed by atoms with Crippen molar-refractivity contribution in [3.8, 4) is 0 Å². The van der Waals surface area contributed by atoms with Crippen LogP contribution in [0.4, 0.5) is 23.5 Å². The number of aliphatic hydroxyl groups excluding tert-OH is 1. The molecule has 35 heavy (non-hydrogen) atoms. The van der Waals surface area contributed by atoms with Gasteiger partial charge in [-0.3, -0.25) is 28.0 Å². The van der Waals surface area contributed by atoms with Gasteiger partial charge in [-0.2, -0.15) is 22.5 Å². The minimum Gasteiger partial charge on any atom is -0.390 e. The zero-order valence-corrected chi connectivity index (χ0v) is 19.4. The first-order valence-electron chi connectivity index (χ1n) is 8.92. The molecular weight excluding hydrogens is 559 g/mol. The molecule has 1 saturated heterocycles. The Bertz CT molecular complexity index is 1350. The number of rotatable bonds is 8. The number of aliphatic hydroxyl groups is 1. The fourth-order valence-electron chi connectivity index (χ4n) is 2.95. The van der Waals surface area contributed by atoms with Crippen LogP contribution in [0.1, 0.15) is 12.6 Å². The highest BCUT2D eigenvalue weighted by molar-refractivity contribution is 7.82. The Morgan fingerprint density at radius 2 is 1.80 bits per heavy atom. The number of imidazole rings is 1. The first-order valence-corrected chi connectivity index (χ1v) is 13.8. The average molecular weight is 575 g/mol. The van der Waals surface area contributed by atoms with Crippen molar-refractivity contribution in [3.05, 3.63) is 16.7 Å². The molecule has 1 aliphatic rings. The van der Waals surface area contributed by atoms with Crippen molar-refractivity contribution in [1.82, 2.24) is 19.5 Å². The minimum absolute atomic E-state index is 0.120. The second-order valence-electron chi connectivity index (χ2n) is 7.16.